The van der Waals surface area contributed by atoms with Gasteiger partial charge >= 0.3 is 0 Å². The van der Waals surface area contributed by atoms with Gasteiger partial charge in [-0.3, -0.25) is 9.67 Å². The molecule has 0 atom stereocenters. The van der Waals surface area contributed by atoms with Crippen molar-refractivity contribution in [3.63, 3.8) is 0 Å². The van der Waals surface area contributed by atoms with Crippen LogP contribution in [0.1, 0.15) is 31.7 Å². The largest absolute Gasteiger partial charge is 0.479 e. The van der Waals surface area contributed by atoms with Crippen LogP contribution in [0.3, 0.4) is 0 Å². The van der Waals surface area contributed by atoms with Crippen LogP contribution in [-0.4, -0.2) is 49.5 Å². The van der Waals surface area contributed by atoms with Crippen LogP contribution < -0.4 is 10.1 Å². The minimum Gasteiger partial charge on any atom is -0.479 e. The summed E-state index contributed by atoms with van der Waals surface area (Å²) in [6.07, 6.45) is 7.11. The lowest BCUT2D eigenvalue weighted by Crippen LogP contribution is -2.23. The monoisotopic (exact) mass is 447 g/mol. The third-order valence-electron chi connectivity index (χ3n) is 5.68. The molecule has 0 saturated carbocycles. The Bertz CT molecular complexity index is 1280. The standard InChI is InChI=1S/C24H29N7O2/c1-15-17(14-31(4)30-15)18-7-8-20(22(27-18)32-5)28-23-26-13-16-10-12-25-19(21(16)29-23)9-11-24(2,3)33-6/h7-8,10,12-14H,9,11H2,1-6H3,(H,26,28,29). The lowest BCUT2D eigenvalue weighted by Gasteiger charge is -2.22. The Morgan fingerprint density at radius 1 is 1.09 bits per heavy atom. The quantitative estimate of drug-likeness (QED) is 0.428. The van der Waals surface area contributed by atoms with E-state index < -0.39 is 0 Å². The third-order valence-corrected chi connectivity index (χ3v) is 5.68. The van der Waals surface area contributed by atoms with Crippen LogP contribution in [-0.2, 0) is 18.2 Å². The Hall–Kier alpha value is -3.59. The van der Waals surface area contributed by atoms with Gasteiger partial charge in [0.25, 0.3) is 0 Å². The molecule has 4 aromatic heterocycles. The average Bonchev–Trinajstić information content (AvgIpc) is 3.15. The fourth-order valence-electron chi connectivity index (χ4n) is 3.59. The summed E-state index contributed by atoms with van der Waals surface area (Å²) in [4.78, 5) is 18.4. The number of hydrogen-bond donors (Lipinski definition) is 1. The zero-order valence-electron chi connectivity index (χ0n) is 19.9. The van der Waals surface area contributed by atoms with Crippen molar-refractivity contribution in [2.75, 3.05) is 19.5 Å². The van der Waals surface area contributed by atoms with Crippen LogP contribution in [0.5, 0.6) is 5.88 Å². The fraction of sp³-hybridized carbons (Fsp3) is 0.375. The van der Waals surface area contributed by atoms with Crippen LogP contribution in [0, 0.1) is 6.92 Å². The number of nitrogens with zero attached hydrogens (tertiary/aromatic N) is 6. The second kappa shape index (κ2) is 9.11. The van der Waals surface area contributed by atoms with Crippen LogP contribution in [0.4, 0.5) is 11.6 Å². The molecule has 0 spiro atoms. The Morgan fingerprint density at radius 3 is 2.61 bits per heavy atom. The fourth-order valence-corrected chi connectivity index (χ4v) is 3.59. The summed E-state index contributed by atoms with van der Waals surface area (Å²) in [6.45, 7) is 6.09. The maximum Gasteiger partial charge on any atom is 0.238 e. The van der Waals surface area contributed by atoms with E-state index >= 15 is 0 Å². The summed E-state index contributed by atoms with van der Waals surface area (Å²) in [5.74, 6) is 0.904. The first-order valence-electron chi connectivity index (χ1n) is 10.8. The lowest BCUT2D eigenvalue weighted by atomic mass is 10.0. The van der Waals surface area contributed by atoms with Gasteiger partial charge in [-0.25, -0.2) is 15.0 Å². The molecule has 0 aromatic carbocycles. The highest BCUT2D eigenvalue weighted by molar-refractivity contribution is 5.81. The maximum absolute atomic E-state index is 5.55. The Kier molecular flexibility index (Phi) is 6.24. The molecule has 4 rings (SSSR count). The Labute approximate surface area is 193 Å². The van der Waals surface area contributed by atoms with Crippen molar-refractivity contribution in [3.8, 4) is 17.1 Å². The molecule has 0 saturated heterocycles. The highest BCUT2D eigenvalue weighted by Gasteiger charge is 2.18. The molecule has 4 heterocycles. The molecular formula is C24H29N7O2. The van der Waals surface area contributed by atoms with Crippen LogP contribution >= 0.6 is 0 Å². The van der Waals surface area contributed by atoms with Gasteiger partial charge in [0.2, 0.25) is 11.8 Å². The number of ether oxygens (including phenoxy) is 2. The maximum atomic E-state index is 5.55. The van der Waals surface area contributed by atoms with Gasteiger partial charge in [0, 0.05) is 43.7 Å². The summed E-state index contributed by atoms with van der Waals surface area (Å²) in [6, 6.07) is 5.75. The molecule has 4 aromatic rings. The first kappa shape index (κ1) is 22.6. The first-order chi connectivity index (χ1) is 15.8. The van der Waals surface area contributed by atoms with Crippen molar-refractivity contribution in [2.24, 2.45) is 7.05 Å². The molecule has 0 amide bonds. The molecule has 0 radical (unpaired) electrons. The second-order valence-corrected chi connectivity index (χ2v) is 8.53. The van der Waals surface area contributed by atoms with E-state index in [-0.39, 0.29) is 5.60 Å². The minimum atomic E-state index is -0.231. The van der Waals surface area contributed by atoms with Gasteiger partial charge in [0.1, 0.15) is 5.69 Å². The molecule has 9 nitrogen and oxygen atoms in total. The summed E-state index contributed by atoms with van der Waals surface area (Å²) in [5, 5.41) is 8.57. The molecule has 0 aliphatic carbocycles. The topological polar surface area (TPSA) is 99.9 Å². The van der Waals surface area contributed by atoms with Crippen LogP contribution in [0.25, 0.3) is 22.2 Å². The van der Waals surface area contributed by atoms with E-state index in [0.29, 0.717) is 17.5 Å². The van der Waals surface area contributed by atoms with E-state index in [0.717, 1.165) is 46.4 Å². The smallest absolute Gasteiger partial charge is 0.238 e. The zero-order valence-corrected chi connectivity index (χ0v) is 19.9. The highest BCUT2D eigenvalue weighted by Crippen LogP contribution is 2.30. The molecule has 0 aliphatic heterocycles. The normalized spacial score (nSPS) is 11.7. The molecule has 9 heteroatoms. The van der Waals surface area contributed by atoms with Crippen molar-refractivity contribution in [3.05, 3.63) is 48.2 Å². The van der Waals surface area contributed by atoms with E-state index in [9.17, 15) is 0 Å². The number of nitrogens with one attached hydrogen (secondary N) is 1. The Balaban J connectivity index is 1.63. The van der Waals surface area contributed by atoms with E-state index in [1.165, 1.54) is 0 Å². The number of hydrogen-bond acceptors (Lipinski definition) is 8. The van der Waals surface area contributed by atoms with Crippen molar-refractivity contribution >= 4 is 22.5 Å². The number of pyridine rings is 2. The predicted octanol–water partition coefficient (Wildman–Crippen LogP) is 4.24. The highest BCUT2D eigenvalue weighted by atomic mass is 16.5. The van der Waals surface area contributed by atoms with Gasteiger partial charge < -0.3 is 14.8 Å². The van der Waals surface area contributed by atoms with Crippen LogP contribution in [0.15, 0.2) is 36.8 Å². The number of methoxy groups -OCH3 is 2. The third kappa shape index (κ3) is 4.93. The number of aryl methyl sites for hydroxylation is 3. The van der Waals surface area contributed by atoms with E-state index in [1.54, 1.807) is 31.3 Å². The first-order valence-corrected chi connectivity index (χ1v) is 10.8. The molecule has 0 bridgehead atoms. The SMILES string of the molecule is COc1nc(-c2cn(C)nc2C)ccc1Nc1ncc2ccnc(CCC(C)(C)OC)c2n1. The molecule has 1 N–H and O–H groups in total. The molecule has 0 fully saturated rings. The minimum absolute atomic E-state index is 0.231. The van der Waals surface area contributed by atoms with Gasteiger partial charge in [-0.2, -0.15) is 5.10 Å². The zero-order chi connectivity index (χ0) is 23.6. The molecule has 172 valence electrons. The average molecular weight is 448 g/mol. The van der Waals surface area contributed by atoms with Gasteiger partial charge in [0.15, 0.2) is 0 Å². The predicted molar refractivity (Wildman–Crippen MR) is 128 cm³/mol. The van der Waals surface area contributed by atoms with Gasteiger partial charge in [-0.05, 0) is 51.8 Å². The lowest BCUT2D eigenvalue weighted by molar-refractivity contribution is 0.0156. The number of rotatable bonds is 8. The summed E-state index contributed by atoms with van der Waals surface area (Å²) in [5.41, 5.74) is 4.82. The summed E-state index contributed by atoms with van der Waals surface area (Å²) in [7, 11) is 5.21. The summed E-state index contributed by atoms with van der Waals surface area (Å²) >= 11 is 0. The molecular weight excluding hydrogens is 418 g/mol. The van der Waals surface area contributed by atoms with Crippen LogP contribution in [0.2, 0.25) is 0 Å². The summed E-state index contributed by atoms with van der Waals surface area (Å²) < 4.78 is 12.9. The Morgan fingerprint density at radius 2 is 1.91 bits per heavy atom. The molecule has 0 aliphatic rings. The van der Waals surface area contributed by atoms with Crippen molar-refractivity contribution in [1.82, 2.24) is 29.7 Å². The number of aromatic nitrogens is 6. The number of fused-ring (bicyclic) bond motifs is 1. The van der Waals surface area contributed by atoms with E-state index in [2.05, 4.69) is 39.2 Å². The molecule has 0 unspecified atom stereocenters. The van der Waals surface area contributed by atoms with Gasteiger partial charge in [-0.1, -0.05) is 0 Å². The number of anilines is 2. The van der Waals surface area contributed by atoms with Crippen molar-refractivity contribution in [2.45, 2.75) is 39.2 Å². The second-order valence-electron chi connectivity index (χ2n) is 8.53. The van der Waals surface area contributed by atoms with Crippen molar-refractivity contribution < 1.29 is 9.47 Å². The van der Waals surface area contributed by atoms with Gasteiger partial charge in [0.05, 0.1) is 35.3 Å². The van der Waals surface area contributed by atoms with Crippen molar-refractivity contribution in [1.29, 1.82) is 0 Å². The van der Waals surface area contributed by atoms with E-state index in [4.69, 9.17) is 14.5 Å². The van der Waals surface area contributed by atoms with Gasteiger partial charge in [-0.15, -0.1) is 0 Å². The molecule has 33 heavy (non-hydrogen) atoms. The van der Waals surface area contributed by atoms with E-state index in [1.807, 2.05) is 38.4 Å².